The number of halogens is 1. The van der Waals surface area contributed by atoms with Gasteiger partial charge >= 0.3 is 0 Å². The predicted octanol–water partition coefficient (Wildman–Crippen LogP) is 2.76. The van der Waals surface area contributed by atoms with Gasteiger partial charge in [0.1, 0.15) is 11.9 Å². The second kappa shape index (κ2) is 6.91. The van der Waals surface area contributed by atoms with Crippen LogP contribution in [0.15, 0.2) is 24.3 Å². The van der Waals surface area contributed by atoms with Crippen LogP contribution in [0.1, 0.15) is 51.0 Å². The number of nitrogens with one attached hydrogen (secondary N) is 1. The standard InChI is InChI=1S/C19H25FN2O2/c1-14(17(23)22-12-4-5-13-22)21-18(24)19(10-2-3-11-19)15-6-8-16(20)9-7-15/h6-9,14H,2-5,10-13H2,1H3,(H,21,24). The van der Waals surface area contributed by atoms with Crippen molar-refractivity contribution in [2.24, 2.45) is 0 Å². The minimum absolute atomic E-state index is 0.00639. The summed E-state index contributed by atoms with van der Waals surface area (Å²) in [5, 5.41) is 2.93. The van der Waals surface area contributed by atoms with Gasteiger partial charge < -0.3 is 10.2 Å². The molecule has 0 spiro atoms. The highest BCUT2D eigenvalue weighted by atomic mass is 19.1. The third-order valence-electron chi connectivity index (χ3n) is 5.42. The number of benzene rings is 1. The monoisotopic (exact) mass is 332 g/mol. The van der Waals surface area contributed by atoms with Gasteiger partial charge in [-0.05, 0) is 50.3 Å². The van der Waals surface area contributed by atoms with Crippen molar-refractivity contribution in [2.45, 2.75) is 56.9 Å². The molecule has 130 valence electrons. The highest BCUT2D eigenvalue weighted by Crippen LogP contribution is 2.41. The average molecular weight is 332 g/mol. The maximum Gasteiger partial charge on any atom is 0.244 e. The number of amides is 2. The lowest BCUT2D eigenvalue weighted by Gasteiger charge is -2.30. The molecule has 2 amide bonds. The largest absolute Gasteiger partial charge is 0.344 e. The summed E-state index contributed by atoms with van der Waals surface area (Å²) in [6.07, 6.45) is 5.50. The molecular weight excluding hydrogens is 307 g/mol. The van der Waals surface area contributed by atoms with Crippen LogP contribution in [0.4, 0.5) is 4.39 Å². The van der Waals surface area contributed by atoms with Gasteiger partial charge in [-0.2, -0.15) is 0 Å². The first-order valence-electron chi connectivity index (χ1n) is 8.89. The molecule has 2 aliphatic rings. The van der Waals surface area contributed by atoms with E-state index < -0.39 is 11.5 Å². The number of hydrogen-bond acceptors (Lipinski definition) is 2. The minimum atomic E-state index is -0.632. The van der Waals surface area contributed by atoms with Crippen molar-refractivity contribution in [1.82, 2.24) is 10.2 Å². The van der Waals surface area contributed by atoms with Crippen molar-refractivity contribution in [3.63, 3.8) is 0 Å². The Morgan fingerprint density at radius 2 is 1.67 bits per heavy atom. The van der Waals surface area contributed by atoms with Crippen LogP contribution >= 0.6 is 0 Å². The lowest BCUT2D eigenvalue weighted by Crippen LogP contribution is -2.51. The third-order valence-corrected chi connectivity index (χ3v) is 5.42. The zero-order chi connectivity index (χ0) is 17.2. The molecule has 0 aromatic heterocycles. The minimum Gasteiger partial charge on any atom is -0.344 e. The van der Waals surface area contributed by atoms with E-state index in [0.717, 1.165) is 57.2 Å². The summed E-state index contributed by atoms with van der Waals surface area (Å²) in [7, 11) is 0. The molecule has 1 saturated heterocycles. The maximum atomic E-state index is 13.2. The van der Waals surface area contributed by atoms with Gasteiger partial charge in [-0.15, -0.1) is 0 Å². The Hall–Kier alpha value is -1.91. The molecule has 1 saturated carbocycles. The van der Waals surface area contributed by atoms with Crippen LogP contribution in [0.25, 0.3) is 0 Å². The smallest absolute Gasteiger partial charge is 0.244 e. The fourth-order valence-electron chi connectivity index (χ4n) is 4.00. The Kier molecular flexibility index (Phi) is 4.88. The highest BCUT2D eigenvalue weighted by Gasteiger charge is 2.43. The molecule has 1 aromatic rings. The molecule has 3 rings (SSSR count). The van der Waals surface area contributed by atoms with Crippen molar-refractivity contribution < 1.29 is 14.0 Å². The van der Waals surface area contributed by atoms with Crippen molar-refractivity contribution >= 4 is 11.8 Å². The first-order valence-corrected chi connectivity index (χ1v) is 8.89. The van der Waals surface area contributed by atoms with Crippen LogP contribution in [-0.4, -0.2) is 35.8 Å². The summed E-state index contributed by atoms with van der Waals surface area (Å²) in [6.45, 7) is 3.32. The Bertz CT molecular complexity index is 602. The summed E-state index contributed by atoms with van der Waals surface area (Å²) in [4.78, 5) is 27.3. The van der Waals surface area contributed by atoms with E-state index in [0.29, 0.717) is 0 Å². The summed E-state index contributed by atoms with van der Waals surface area (Å²) in [6, 6.07) is 5.69. The number of nitrogens with zero attached hydrogens (tertiary/aromatic N) is 1. The Morgan fingerprint density at radius 3 is 2.25 bits per heavy atom. The summed E-state index contributed by atoms with van der Waals surface area (Å²) >= 11 is 0. The zero-order valence-electron chi connectivity index (χ0n) is 14.2. The quantitative estimate of drug-likeness (QED) is 0.922. The van der Waals surface area contributed by atoms with E-state index >= 15 is 0 Å². The molecule has 1 aromatic carbocycles. The zero-order valence-corrected chi connectivity index (χ0v) is 14.2. The van der Waals surface area contributed by atoms with Gasteiger partial charge in [0.05, 0.1) is 5.41 Å². The van der Waals surface area contributed by atoms with E-state index in [-0.39, 0.29) is 17.6 Å². The van der Waals surface area contributed by atoms with Crippen molar-refractivity contribution in [3.8, 4) is 0 Å². The molecular formula is C19H25FN2O2. The molecule has 1 atom stereocenters. The maximum absolute atomic E-state index is 13.2. The number of carbonyl (C=O) groups excluding carboxylic acids is 2. The van der Waals surface area contributed by atoms with Gasteiger partial charge in [0, 0.05) is 13.1 Å². The van der Waals surface area contributed by atoms with Crippen LogP contribution in [0.2, 0.25) is 0 Å². The van der Waals surface area contributed by atoms with Gasteiger partial charge in [0.2, 0.25) is 11.8 Å². The fourth-order valence-corrected chi connectivity index (χ4v) is 4.00. The van der Waals surface area contributed by atoms with E-state index in [9.17, 15) is 14.0 Å². The van der Waals surface area contributed by atoms with Crippen molar-refractivity contribution in [3.05, 3.63) is 35.6 Å². The van der Waals surface area contributed by atoms with Crippen molar-refractivity contribution in [1.29, 1.82) is 0 Å². The molecule has 0 radical (unpaired) electrons. The number of likely N-dealkylation sites (tertiary alicyclic amines) is 1. The predicted molar refractivity (Wildman–Crippen MR) is 90.0 cm³/mol. The van der Waals surface area contributed by atoms with E-state index in [2.05, 4.69) is 5.32 Å². The van der Waals surface area contributed by atoms with Gasteiger partial charge in [-0.25, -0.2) is 4.39 Å². The molecule has 0 bridgehead atoms. The van der Waals surface area contributed by atoms with Gasteiger partial charge in [0.25, 0.3) is 0 Å². The van der Waals surface area contributed by atoms with E-state index in [1.165, 1.54) is 12.1 Å². The summed E-state index contributed by atoms with van der Waals surface area (Å²) < 4.78 is 13.2. The molecule has 2 fully saturated rings. The molecule has 4 nitrogen and oxygen atoms in total. The lowest BCUT2D eigenvalue weighted by molar-refractivity contribution is -0.136. The molecule has 1 N–H and O–H groups in total. The SMILES string of the molecule is CC(NC(=O)C1(c2ccc(F)cc2)CCCC1)C(=O)N1CCCC1. The van der Waals surface area contributed by atoms with Crippen LogP contribution < -0.4 is 5.32 Å². The molecule has 1 aliphatic heterocycles. The van der Waals surface area contributed by atoms with E-state index in [4.69, 9.17) is 0 Å². The second-order valence-corrected chi connectivity index (χ2v) is 7.02. The molecule has 24 heavy (non-hydrogen) atoms. The fraction of sp³-hybridized carbons (Fsp3) is 0.579. The topological polar surface area (TPSA) is 49.4 Å². The lowest BCUT2D eigenvalue weighted by atomic mass is 9.78. The first-order chi connectivity index (χ1) is 11.5. The molecule has 1 heterocycles. The van der Waals surface area contributed by atoms with Crippen LogP contribution in [0, 0.1) is 5.82 Å². The molecule has 1 aliphatic carbocycles. The Balaban J connectivity index is 1.75. The Labute approximate surface area is 142 Å². The van der Waals surface area contributed by atoms with Gasteiger partial charge in [-0.3, -0.25) is 9.59 Å². The first kappa shape index (κ1) is 16.9. The number of carbonyl (C=O) groups is 2. The second-order valence-electron chi connectivity index (χ2n) is 7.02. The summed E-state index contributed by atoms with van der Waals surface area (Å²) in [5.41, 5.74) is 0.215. The number of hydrogen-bond donors (Lipinski definition) is 1. The van der Waals surface area contributed by atoms with Crippen LogP contribution in [0.5, 0.6) is 0 Å². The van der Waals surface area contributed by atoms with E-state index in [1.54, 1.807) is 19.1 Å². The van der Waals surface area contributed by atoms with Crippen LogP contribution in [-0.2, 0) is 15.0 Å². The third kappa shape index (κ3) is 3.17. The van der Waals surface area contributed by atoms with E-state index in [1.807, 2.05) is 4.90 Å². The molecule has 5 heteroatoms. The summed E-state index contributed by atoms with van der Waals surface area (Å²) in [5.74, 6) is -0.412. The molecule has 1 unspecified atom stereocenters. The van der Waals surface area contributed by atoms with Crippen molar-refractivity contribution in [2.75, 3.05) is 13.1 Å². The van der Waals surface area contributed by atoms with Crippen LogP contribution in [0.3, 0.4) is 0 Å². The van der Waals surface area contributed by atoms with Gasteiger partial charge in [-0.1, -0.05) is 25.0 Å². The Morgan fingerprint density at radius 1 is 1.08 bits per heavy atom. The highest BCUT2D eigenvalue weighted by molar-refractivity contribution is 5.93. The average Bonchev–Trinajstić information content (AvgIpc) is 3.27. The van der Waals surface area contributed by atoms with Gasteiger partial charge in [0.15, 0.2) is 0 Å². The normalized spacial score (nSPS) is 20.8. The number of rotatable bonds is 4.